The number of carbonyl (C=O) groups is 1. The van der Waals surface area contributed by atoms with Gasteiger partial charge in [0.25, 0.3) is 0 Å². The maximum atomic E-state index is 11.9. The third-order valence-corrected chi connectivity index (χ3v) is 5.08. The number of guanidine groups is 1. The van der Waals surface area contributed by atoms with Gasteiger partial charge in [-0.1, -0.05) is 54.6 Å². The number of aliphatic imine (C=N–C) groups is 1. The minimum Gasteiger partial charge on any atom is -0.357 e. The number of aryl methyl sites for hydroxylation is 1. The Labute approximate surface area is 174 Å². The first-order valence-electron chi connectivity index (χ1n) is 10.7. The molecule has 0 aromatic heterocycles. The zero-order valence-corrected chi connectivity index (χ0v) is 17.4. The lowest BCUT2D eigenvalue weighted by molar-refractivity contribution is -0.128. The highest BCUT2D eigenvalue weighted by atomic mass is 16.2. The SMILES string of the molecule is CCNC(=NCc1cccc(CN2CCCC2=O)c1)NCCCc1ccccc1. The summed E-state index contributed by atoms with van der Waals surface area (Å²) in [5.41, 5.74) is 3.70. The number of hydrogen-bond acceptors (Lipinski definition) is 2. The van der Waals surface area contributed by atoms with Crippen LogP contribution in [0, 0.1) is 0 Å². The van der Waals surface area contributed by atoms with Gasteiger partial charge >= 0.3 is 0 Å². The molecule has 0 saturated carbocycles. The zero-order chi connectivity index (χ0) is 20.3. The van der Waals surface area contributed by atoms with Crippen LogP contribution in [-0.4, -0.2) is 36.4 Å². The van der Waals surface area contributed by atoms with Gasteiger partial charge in [0.1, 0.15) is 0 Å². The second-order valence-electron chi connectivity index (χ2n) is 7.45. The van der Waals surface area contributed by atoms with Crippen LogP contribution in [0.4, 0.5) is 0 Å². The number of nitrogens with one attached hydrogen (secondary N) is 2. The van der Waals surface area contributed by atoms with E-state index in [0.717, 1.165) is 50.4 Å². The van der Waals surface area contributed by atoms with Gasteiger partial charge in [0.05, 0.1) is 6.54 Å². The van der Waals surface area contributed by atoms with Crippen LogP contribution in [0.15, 0.2) is 59.6 Å². The third kappa shape index (κ3) is 6.93. The fourth-order valence-corrected chi connectivity index (χ4v) is 3.57. The zero-order valence-electron chi connectivity index (χ0n) is 17.4. The molecule has 1 saturated heterocycles. The van der Waals surface area contributed by atoms with Crippen molar-refractivity contribution in [2.45, 2.75) is 45.7 Å². The number of carbonyl (C=O) groups excluding carboxylic acids is 1. The lowest BCUT2D eigenvalue weighted by Crippen LogP contribution is -2.37. The molecule has 3 rings (SSSR count). The standard InChI is InChI=1S/C24H32N4O/c1-2-25-24(26-15-7-13-20-9-4-3-5-10-20)27-18-21-11-6-12-22(17-21)19-28-16-8-14-23(28)29/h3-6,9-12,17H,2,7-8,13-16,18-19H2,1H3,(H2,25,26,27). The van der Waals surface area contributed by atoms with Crippen LogP contribution < -0.4 is 10.6 Å². The van der Waals surface area contributed by atoms with Gasteiger partial charge in [-0.3, -0.25) is 4.79 Å². The molecular formula is C24H32N4O. The van der Waals surface area contributed by atoms with E-state index in [1.807, 2.05) is 4.90 Å². The molecule has 0 aliphatic carbocycles. The Balaban J connectivity index is 1.49. The van der Waals surface area contributed by atoms with Gasteiger partial charge in [0.2, 0.25) is 5.91 Å². The van der Waals surface area contributed by atoms with Crippen molar-refractivity contribution in [3.63, 3.8) is 0 Å². The van der Waals surface area contributed by atoms with Gasteiger partial charge in [-0.25, -0.2) is 4.99 Å². The van der Waals surface area contributed by atoms with Crippen LogP contribution >= 0.6 is 0 Å². The Morgan fingerprint density at radius 2 is 1.83 bits per heavy atom. The molecule has 29 heavy (non-hydrogen) atoms. The van der Waals surface area contributed by atoms with E-state index in [1.165, 1.54) is 11.1 Å². The van der Waals surface area contributed by atoms with E-state index < -0.39 is 0 Å². The molecule has 0 unspecified atom stereocenters. The molecule has 0 atom stereocenters. The molecular weight excluding hydrogens is 360 g/mol. The summed E-state index contributed by atoms with van der Waals surface area (Å²) in [7, 11) is 0. The lowest BCUT2D eigenvalue weighted by atomic mass is 10.1. The lowest BCUT2D eigenvalue weighted by Gasteiger charge is -2.16. The number of hydrogen-bond donors (Lipinski definition) is 2. The fraction of sp³-hybridized carbons (Fsp3) is 0.417. The Bertz CT molecular complexity index is 804. The van der Waals surface area contributed by atoms with E-state index in [4.69, 9.17) is 4.99 Å². The first-order valence-corrected chi connectivity index (χ1v) is 10.7. The van der Waals surface area contributed by atoms with Crippen molar-refractivity contribution in [3.05, 3.63) is 71.3 Å². The Morgan fingerprint density at radius 3 is 2.59 bits per heavy atom. The predicted octanol–water partition coefficient (Wildman–Crippen LogP) is 3.50. The third-order valence-electron chi connectivity index (χ3n) is 5.08. The summed E-state index contributed by atoms with van der Waals surface area (Å²) in [6.07, 6.45) is 3.79. The number of nitrogens with zero attached hydrogens (tertiary/aromatic N) is 2. The molecule has 0 bridgehead atoms. The van der Waals surface area contributed by atoms with Crippen molar-refractivity contribution in [1.82, 2.24) is 15.5 Å². The summed E-state index contributed by atoms with van der Waals surface area (Å²) < 4.78 is 0. The van der Waals surface area contributed by atoms with E-state index in [-0.39, 0.29) is 5.91 Å². The molecule has 5 nitrogen and oxygen atoms in total. The van der Waals surface area contributed by atoms with E-state index in [9.17, 15) is 4.79 Å². The largest absolute Gasteiger partial charge is 0.357 e. The molecule has 0 spiro atoms. The number of amides is 1. The second-order valence-corrected chi connectivity index (χ2v) is 7.45. The first kappa shape index (κ1) is 20.9. The minimum atomic E-state index is 0.266. The van der Waals surface area contributed by atoms with Crippen LogP contribution in [0.2, 0.25) is 0 Å². The van der Waals surface area contributed by atoms with E-state index in [0.29, 0.717) is 19.5 Å². The average Bonchev–Trinajstić information content (AvgIpc) is 3.15. The van der Waals surface area contributed by atoms with Gasteiger partial charge in [-0.2, -0.15) is 0 Å². The Morgan fingerprint density at radius 1 is 1.03 bits per heavy atom. The molecule has 2 aromatic rings. The summed E-state index contributed by atoms with van der Waals surface area (Å²) in [6.45, 7) is 6.00. The van der Waals surface area contributed by atoms with Crippen LogP contribution in [0.25, 0.3) is 0 Å². The van der Waals surface area contributed by atoms with Gasteiger partial charge < -0.3 is 15.5 Å². The Kier molecular flexibility index (Phi) is 8.11. The summed E-state index contributed by atoms with van der Waals surface area (Å²) in [5, 5.41) is 6.74. The van der Waals surface area contributed by atoms with Gasteiger partial charge in [0, 0.05) is 32.6 Å². The van der Waals surface area contributed by atoms with Gasteiger partial charge in [-0.15, -0.1) is 0 Å². The molecule has 2 N–H and O–H groups in total. The van der Waals surface area contributed by atoms with Crippen LogP contribution in [0.5, 0.6) is 0 Å². The highest BCUT2D eigenvalue weighted by molar-refractivity contribution is 5.79. The number of likely N-dealkylation sites (tertiary alicyclic amines) is 1. The van der Waals surface area contributed by atoms with Crippen molar-refractivity contribution >= 4 is 11.9 Å². The van der Waals surface area contributed by atoms with E-state index in [1.54, 1.807) is 0 Å². The van der Waals surface area contributed by atoms with Crippen molar-refractivity contribution in [2.24, 2.45) is 4.99 Å². The van der Waals surface area contributed by atoms with Gasteiger partial charge in [0.15, 0.2) is 5.96 Å². The first-order chi connectivity index (χ1) is 14.2. The highest BCUT2D eigenvalue weighted by Gasteiger charge is 2.19. The fourth-order valence-electron chi connectivity index (χ4n) is 3.57. The quantitative estimate of drug-likeness (QED) is 0.390. The molecule has 1 heterocycles. The molecule has 1 fully saturated rings. The second kappa shape index (κ2) is 11.2. The van der Waals surface area contributed by atoms with Crippen molar-refractivity contribution in [3.8, 4) is 0 Å². The topological polar surface area (TPSA) is 56.7 Å². The van der Waals surface area contributed by atoms with Gasteiger partial charge in [-0.05, 0) is 42.9 Å². The summed E-state index contributed by atoms with van der Waals surface area (Å²) in [4.78, 5) is 18.5. The van der Waals surface area contributed by atoms with Crippen LogP contribution in [-0.2, 0) is 24.3 Å². The Hall–Kier alpha value is -2.82. The highest BCUT2D eigenvalue weighted by Crippen LogP contribution is 2.15. The van der Waals surface area contributed by atoms with Crippen LogP contribution in [0.1, 0.15) is 42.9 Å². The molecule has 1 aliphatic heterocycles. The summed E-state index contributed by atoms with van der Waals surface area (Å²) in [6, 6.07) is 19.0. The smallest absolute Gasteiger partial charge is 0.222 e. The maximum absolute atomic E-state index is 11.9. The summed E-state index contributed by atoms with van der Waals surface area (Å²) in [5.74, 6) is 1.11. The molecule has 2 aromatic carbocycles. The number of rotatable bonds is 9. The van der Waals surface area contributed by atoms with E-state index >= 15 is 0 Å². The van der Waals surface area contributed by atoms with Crippen molar-refractivity contribution in [1.29, 1.82) is 0 Å². The van der Waals surface area contributed by atoms with Crippen LogP contribution in [0.3, 0.4) is 0 Å². The molecule has 1 aliphatic rings. The van der Waals surface area contributed by atoms with Crippen molar-refractivity contribution in [2.75, 3.05) is 19.6 Å². The normalized spacial score (nSPS) is 14.3. The average molecular weight is 393 g/mol. The molecule has 5 heteroatoms. The number of benzene rings is 2. The van der Waals surface area contributed by atoms with Crippen molar-refractivity contribution < 1.29 is 4.79 Å². The molecule has 0 radical (unpaired) electrons. The molecule has 154 valence electrons. The molecule has 1 amide bonds. The predicted molar refractivity (Wildman–Crippen MR) is 119 cm³/mol. The summed E-state index contributed by atoms with van der Waals surface area (Å²) >= 11 is 0. The monoisotopic (exact) mass is 392 g/mol. The maximum Gasteiger partial charge on any atom is 0.222 e. The van der Waals surface area contributed by atoms with E-state index in [2.05, 4.69) is 72.2 Å². The minimum absolute atomic E-state index is 0.266.